The summed E-state index contributed by atoms with van der Waals surface area (Å²) in [5, 5.41) is 6.53. The Kier molecular flexibility index (Phi) is 6.46. The average molecular weight is 490 g/mol. The van der Waals surface area contributed by atoms with Crippen LogP contribution in [0.1, 0.15) is 11.8 Å². The molecule has 2 aromatic carbocycles. The molecule has 7 nitrogen and oxygen atoms in total. The van der Waals surface area contributed by atoms with Crippen molar-refractivity contribution in [3.8, 4) is 0 Å². The van der Waals surface area contributed by atoms with Crippen LogP contribution < -0.4 is 5.32 Å². The highest BCUT2D eigenvalue weighted by atomic mass is 32.2. The Morgan fingerprint density at radius 3 is 2.62 bits per heavy atom. The van der Waals surface area contributed by atoms with E-state index in [-0.39, 0.29) is 24.1 Å². The molecule has 0 unspecified atom stereocenters. The van der Waals surface area contributed by atoms with Crippen molar-refractivity contribution in [3.63, 3.8) is 0 Å². The number of para-hydroxylation sites is 3. The van der Waals surface area contributed by atoms with Crippen molar-refractivity contribution in [1.29, 1.82) is 0 Å². The summed E-state index contributed by atoms with van der Waals surface area (Å²) in [6, 6.07) is 19.7. The van der Waals surface area contributed by atoms with E-state index < -0.39 is 0 Å². The van der Waals surface area contributed by atoms with Crippen LogP contribution in [-0.4, -0.2) is 49.9 Å². The van der Waals surface area contributed by atoms with Crippen molar-refractivity contribution in [2.75, 3.05) is 18.8 Å². The fourth-order valence-electron chi connectivity index (χ4n) is 3.83. The topological polar surface area (TPSA) is 79.6 Å². The summed E-state index contributed by atoms with van der Waals surface area (Å²) in [6.07, 6.45) is 0. The number of amides is 2. The molecular formula is C25H23N5O2S2. The zero-order valence-corrected chi connectivity index (χ0v) is 20.2. The van der Waals surface area contributed by atoms with Crippen LogP contribution in [0.2, 0.25) is 0 Å². The van der Waals surface area contributed by atoms with Crippen molar-refractivity contribution >= 4 is 62.5 Å². The molecule has 0 saturated carbocycles. The van der Waals surface area contributed by atoms with Gasteiger partial charge in [-0.2, -0.15) is 0 Å². The minimum absolute atomic E-state index is 0.0375. The summed E-state index contributed by atoms with van der Waals surface area (Å²) in [4.78, 5) is 37.7. The lowest BCUT2D eigenvalue weighted by molar-refractivity contribution is -0.133. The third-order valence-corrected chi connectivity index (χ3v) is 7.35. The van der Waals surface area contributed by atoms with Gasteiger partial charge in [-0.15, -0.1) is 11.3 Å². The van der Waals surface area contributed by atoms with E-state index in [0.717, 1.165) is 32.5 Å². The normalized spacial score (nSPS) is 11.3. The van der Waals surface area contributed by atoms with Crippen LogP contribution in [0.3, 0.4) is 0 Å². The fraction of sp³-hybridized carbons (Fsp3) is 0.200. The maximum absolute atomic E-state index is 13.0. The summed E-state index contributed by atoms with van der Waals surface area (Å²) in [5.41, 5.74) is 3.49. The molecule has 34 heavy (non-hydrogen) atoms. The van der Waals surface area contributed by atoms with E-state index in [1.807, 2.05) is 77.4 Å². The lowest BCUT2D eigenvalue weighted by Crippen LogP contribution is -2.41. The Bertz CT molecular complexity index is 1480. The Morgan fingerprint density at radius 1 is 1.03 bits per heavy atom. The molecule has 0 bridgehead atoms. The van der Waals surface area contributed by atoms with E-state index in [1.54, 1.807) is 16.2 Å². The third kappa shape index (κ3) is 4.49. The number of aromatic nitrogens is 3. The van der Waals surface area contributed by atoms with Crippen LogP contribution >= 0.6 is 23.1 Å². The standard InChI is InChI=1S/C25H23N5O2S2/c1-2-29(15-22(31)26-14-17-8-7-13-33-17)23(32)16-34-25-28-19-10-4-3-9-18(19)24-27-20-11-5-6-12-21(20)30(24)25/h3-13H,2,14-16H2,1H3,(H,26,31). The molecule has 0 atom stereocenters. The van der Waals surface area contributed by atoms with Gasteiger partial charge in [0.15, 0.2) is 5.16 Å². The molecule has 3 aromatic heterocycles. The largest absolute Gasteiger partial charge is 0.350 e. The fourth-order valence-corrected chi connectivity index (χ4v) is 5.39. The Hall–Kier alpha value is -3.43. The van der Waals surface area contributed by atoms with Gasteiger partial charge in [0.2, 0.25) is 11.8 Å². The molecule has 2 amide bonds. The summed E-state index contributed by atoms with van der Waals surface area (Å²) < 4.78 is 2.01. The number of carbonyl (C=O) groups excluding carboxylic acids is 2. The van der Waals surface area contributed by atoms with Gasteiger partial charge in [-0.3, -0.25) is 14.0 Å². The number of thiophene rings is 1. The average Bonchev–Trinajstić information content (AvgIpc) is 3.52. The van der Waals surface area contributed by atoms with Gasteiger partial charge < -0.3 is 10.2 Å². The molecule has 0 spiro atoms. The quantitative estimate of drug-likeness (QED) is 0.259. The van der Waals surface area contributed by atoms with Gasteiger partial charge in [0.1, 0.15) is 5.65 Å². The Morgan fingerprint density at radius 2 is 1.82 bits per heavy atom. The molecule has 0 aliphatic heterocycles. The molecule has 1 N–H and O–H groups in total. The van der Waals surface area contributed by atoms with Gasteiger partial charge in [-0.05, 0) is 42.6 Å². The second kappa shape index (κ2) is 9.82. The molecule has 5 rings (SSSR count). The number of nitrogens with one attached hydrogen (secondary N) is 1. The zero-order valence-electron chi connectivity index (χ0n) is 18.6. The minimum atomic E-state index is -0.166. The third-order valence-electron chi connectivity index (χ3n) is 5.55. The van der Waals surface area contributed by atoms with Crippen LogP contribution in [0, 0.1) is 0 Å². The number of thioether (sulfide) groups is 1. The SMILES string of the molecule is CCN(CC(=O)NCc1cccs1)C(=O)CSc1nc2ccccc2c2nc3ccccc3n12. The van der Waals surface area contributed by atoms with E-state index in [2.05, 4.69) is 5.32 Å². The number of imidazole rings is 1. The van der Waals surface area contributed by atoms with E-state index in [9.17, 15) is 9.59 Å². The summed E-state index contributed by atoms with van der Waals surface area (Å²) in [7, 11) is 0. The first-order chi connectivity index (χ1) is 16.6. The number of benzene rings is 2. The van der Waals surface area contributed by atoms with Crippen LogP contribution in [0.15, 0.2) is 71.2 Å². The molecule has 3 heterocycles. The first-order valence-electron chi connectivity index (χ1n) is 11.0. The van der Waals surface area contributed by atoms with Crippen LogP contribution in [-0.2, 0) is 16.1 Å². The van der Waals surface area contributed by atoms with Crippen molar-refractivity contribution in [1.82, 2.24) is 24.6 Å². The molecule has 172 valence electrons. The number of fused-ring (bicyclic) bond motifs is 5. The number of carbonyl (C=O) groups is 2. The number of likely N-dealkylation sites (N-methyl/N-ethyl adjacent to an activating group) is 1. The van der Waals surface area contributed by atoms with E-state index in [0.29, 0.717) is 18.2 Å². The number of hydrogen-bond donors (Lipinski definition) is 1. The maximum atomic E-state index is 13.0. The van der Waals surface area contributed by atoms with Crippen molar-refractivity contribution in [2.24, 2.45) is 0 Å². The van der Waals surface area contributed by atoms with Gasteiger partial charge in [0.25, 0.3) is 0 Å². The molecular weight excluding hydrogens is 466 g/mol. The second-order valence-electron chi connectivity index (χ2n) is 7.72. The smallest absolute Gasteiger partial charge is 0.239 e. The molecule has 5 aromatic rings. The number of hydrogen-bond acceptors (Lipinski definition) is 6. The lowest BCUT2D eigenvalue weighted by atomic mass is 10.2. The number of nitrogens with zero attached hydrogens (tertiary/aromatic N) is 4. The highest BCUT2D eigenvalue weighted by Crippen LogP contribution is 2.29. The van der Waals surface area contributed by atoms with Crippen molar-refractivity contribution in [3.05, 3.63) is 70.9 Å². The highest BCUT2D eigenvalue weighted by molar-refractivity contribution is 7.99. The predicted molar refractivity (Wildman–Crippen MR) is 137 cm³/mol. The molecule has 0 radical (unpaired) electrons. The van der Waals surface area contributed by atoms with Gasteiger partial charge in [0, 0.05) is 16.8 Å². The van der Waals surface area contributed by atoms with E-state index >= 15 is 0 Å². The predicted octanol–water partition coefficient (Wildman–Crippen LogP) is 4.35. The van der Waals surface area contributed by atoms with Crippen LogP contribution in [0.25, 0.3) is 27.6 Å². The van der Waals surface area contributed by atoms with Crippen LogP contribution in [0.4, 0.5) is 0 Å². The van der Waals surface area contributed by atoms with Gasteiger partial charge in [0.05, 0.1) is 35.4 Å². The van der Waals surface area contributed by atoms with Crippen LogP contribution in [0.5, 0.6) is 0 Å². The first kappa shape index (κ1) is 22.4. The molecule has 0 saturated heterocycles. The monoisotopic (exact) mass is 489 g/mol. The molecule has 0 fully saturated rings. The maximum Gasteiger partial charge on any atom is 0.239 e. The van der Waals surface area contributed by atoms with Gasteiger partial charge >= 0.3 is 0 Å². The second-order valence-corrected chi connectivity index (χ2v) is 9.70. The van der Waals surface area contributed by atoms with Gasteiger partial charge in [-0.25, -0.2) is 9.97 Å². The summed E-state index contributed by atoms with van der Waals surface area (Å²) >= 11 is 2.96. The minimum Gasteiger partial charge on any atom is -0.350 e. The van der Waals surface area contributed by atoms with E-state index in [1.165, 1.54) is 11.8 Å². The molecule has 0 aliphatic carbocycles. The molecule has 0 aliphatic rings. The summed E-state index contributed by atoms with van der Waals surface area (Å²) in [6.45, 7) is 2.85. The zero-order chi connectivity index (χ0) is 23.5. The molecule has 9 heteroatoms. The van der Waals surface area contributed by atoms with Crippen molar-refractivity contribution in [2.45, 2.75) is 18.6 Å². The summed E-state index contributed by atoms with van der Waals surface area (Å²) in [5.74, 6) is -0.0920. The van der Waals surface area contributed by atoms with Gasteiger partial charge in [-0.1, -0.05) is 42.1 Å². The van der Waals surface area contributed by atoms with E-state index in [4.69, 9.17) is 9.97 Å². The lowest BCUT2D eigenvalue weighted by Gasteiger charge is -2.20. The Labute approximate surface area is 204 Å². The number of rotatable bonds is 8. The highest BCUT2D eigenvalue weighted by Gasteiger charge is 2.19. The first-order valence-corrected chi connectivity index (χ1v) is 12.9. The Balaban J connectivity index is 1.35. The van der Waals surface area contributed by atoms with Crippen molar-refractivity contribution < 1.29 is 9.59 Å².